The van der Waals surface area contributed by atoms with Crippen LogP contribution in [-0.2, 0) is 14.3 Å². The fourth-order valence-corrected chi connectivity index (χ4v) is 3.87. The van der Waals surface area contributed by atoms with Gasteiger partial charge in [0.15, 0.2) is 6.10 Å². The van der Waals surface area contributed by atoms with E-state index in [0.29, 0.717) is 24.5 Å². The number of hydrogen-bond donors (Lipinski definition) is 3. The van der Waals surface area contributed by atoms with E-state index in [2.05, 4.69) is 0 Å². The highest BCUT2D eigenvalue weighted by atomic mass is 16.5. The summed E-state index contributed by atoms with van der Waals surface area (Å²) in [5, 5.41) is 19.5. The van der Waals surface area contributed by atoms with E-state index in [1.807, 2.05) is 60.7 Å². The minimum Gasteiger partial charge on any atom is -0.496 e. The third-order valence-electron chi connectivity index (χ3n) is 5.81. The van der Waals surface area contributed by atoms with Crippen LogP contribution in [0.1, 0.15) is 55.2 Å². The highest BCUT2D eigenvalue weighted by Crippen LogP contribution is 2.30. The normalized spacial score (nSPS) is 15.9. The molecule has 4 N–H and O–H groups in total. The van der Waals surface area contributed by atoms with Crippen molar-refractivity contribution in [1.82, 2.24) is 0 Å². The first-order valence-corrected chi connectivity index (χ1v) is 11.6. The van der Waals surface area contributed by atoms with Crippen molar-refractivity contribution in [1.29, 1.82) is 0 Å². The Morgan fingerprint density at radius 2 is 1.44 bits per heavy atom. The van der Waals surface area contributed by atoms with E-state index < -0.39 is 18.2 Å². The quantitative estimate of drug-likeness (QED) is 0.400. The first-order valence-electron chi connectivity index (χ1n) is 11.6. The van der Waals surface area contributed by atoms with E-state index in [-0.39, 0.29) is 19.6 Å². The maximum Gasteiger partial charge on any atom is 0.337 e. The predicted molar refractivity (Wildman–Crippen MR) is 140 cm³/mol. The average Bonchev–Trinajstić information content (AvgIpc) is 2.92. The number of carboxylic acids is 1. The van der Waals surface area contributed by atoms with Crippen LogP contribution < -0.4 is 10.5 Å². The minimum atomic E-state index is -1.00. The van der Waals surface area contributed by atoms with Gasteiger partial charge < -0.3 is 30.2 Å². The van der Waals surface area contributed by atoms with Gasteiger partial charge in [-0.05, 0) is 30.0 Å². The SMILES string of the molecule is C.COc1ccccc1C(OC1CCOCC1)C(=O)O.N[C@@H](c1ccccc1)[C@H](O)c1ccccc1. The lowest BCUT2D eigenvalue weighted by Crippen LogP contribution is -2.28. The molecular weight excluding hydrogens is 458 g/mol. The van der Waals surface area contributed by atoms with Gasteiger partial charge in [-0.25, -0.2) is 4.79 Å². The van der Waals surface area contributed by atoms with Gasteiger partial charge in [0.2, 0.25) is 0 Å². The van der Waals surface area contributed by atoms with Crippen LogP contribution in [-0.4, -0.2) is 42.6 Å². The number of aliphatic hydroxyl groups excluding tert-OH is 1. The summed E-state index contributed by atoms with van der Waals surface area (Å²) >= 11 is 0. The number of aliphatic hydroxyl groups is 1. The molecule has 1 aliphatic heterocycles. The Hall–Kier alpha value is -3.23. The van der Waals surface area contributed by atoms with E-state index in [0.717, 1.165) is 24.0 Å². The fraction of sp³-hybridized carbons (Fsp3) is 0.345. The summed E-state index contributed by atoms with van der Waals surface area (Å²) in [6.07, 6.45) is -0.305. The molecule has 0 spiro atoms. The van der Waals surface area contributed by atoms with Gasteiger partial charge in [-0.3, -0.25) is 0 Å². The highest BCUT2D eigenvalue weighted by molar-refractivity contribution is 5.75. The third-order valence-corrected chi connectivity index (χ3v) is 5.81. The second-order valence-electron chi connectivity index (χ2n) is 8.20. The van der Waals surface area contributed by atoms with Gasteiger partial charge in [0.25, 0.3) is 0 Å². The van der Waals surface area contributed by atoms with Crippen molar-refractivity contribution in [3.63, 3.8) is 0 Å². The van der Waals surface area contributed by atoms with Gasteiger partial charge in [0.05, 0.1) is 25.4 Å². The van der Waals surface area contributed by atoms with Gasteiger partial charge in [0.1, 0.15) is 5.75 Å². The molecule has 7 heteroatoms. The van der Waals surface area contributed by atoms with Crippen LogP contribution in [0, 0.1) is 0 Å². The number of carboxylic acid groups (broad SMARTS) is 1. The Balaban J connectivity index is 0.000000250. The zero-order valence-corrected chi connectivity index (χ0v) is 19.8. The molecule has 3 aromatic carbocycles. The molecule has 0 radical (unpaired) electrons. The maximum absolute atomic E-state index is 11.4. The van der Waals surface area contributed by atoms with Crippen molar-refractivity contribution in [2.75, 3.05) is 20.3 Å². The van der Waals surface area contributed by atoms with Crippen LogP contribution in [0.15, 0.2) is 84.9 Å². The maximum atomic E-state index is 11.4. The van der Waals surface area contributed by atoms with Crippen molar-refractivity contribution in [2.45, 2.75) is 44.6 Å². The van der Waals surface area contributed by atoms with Crippen LogP contribution in [0.25, 0.3) is 0 Å². The topological polar surface area (TPSA) is 111 Å². The zero-order valence-electron chi connectivity index (χ0n) is 19.8. The number of hydrogen-bond acceptors (Lipinski definition) is 6. The van der Waals surface area contributed by atoms with Crippen molar-refractivity contribution in [3.8, 4) is 5.75 Å². The molecule has 194 valence electrons. The summed E-state index contributed by atoms with van der Waals surface area (Å²) < 4.78 is 16.2. The summed E-state index contributed by atoms with van der Waals surface area (Å²) in [5.74, 6) is -0.474. The Morgan fingerprint density at radius 1 is 0.917 bits per heavy atom. The van der Waals surface area contributed by atoms with Gasteiger partial charge in [-0.1, -0.05) is 86.3 Å². The Morgan fingerprint density at radius 3 is 2.00 bits per heavy atom. The number of ether oxygens (including phenoxy) is 3. The van der Waals surface area contributed by atoms with Crippen molar-refractivity contribution in [2.24, 2.45) is 5.73 Å². The molecule has 3 atom stereocenters. The Labute approximate surface area is 213 Å². The molecule has 1 unspecified atom stereocenters. The molecule has 7 nitrogen and oxygen atoms in total. The number of carbonyl (C=O) groups is 1. The summed E-state index contributed by atoms with van der Waals surface area (Å²) in [7, 11) is 1.52. The first-order chi connectivity index (χ1) is 17.0. The van der Waals surface area contributed by atoms with Crippen LogP contribution >= 0.6 is 0 Å². The second kappa shape index (κ2) is 15.0. The molecule has 1 fully saturated rings. The molecule has 0 aromatic heterocycles. The number of methoxy groups -OCH3 is 1. The number of rotatable bonds is 8. The Kier molecular flexibility index (Phi) is 12.1. The smallest absolute Gasteiger partial charge is 0.337 e. The van der Waals surface area contributed by atoms with Crippen LogP contribution in [0.5, 0.6) is 5.75 Å². The lowest BCUT2D eigenvalue weighted by atomic mass is 9.97. The summed E-state index contributed by atoms with van der Waals surface area (Å²) in [4.78, 5) is 11.4. The van der Waals surface area contributed by atoms with Crippen LogP contribution in [0.4, 0.5) is 0 Å². The molecule has 3 aromatic rings. The van der Waals surface area contributed by atoms with E-state index in [1.165, 1.54) is 7.11 Å². The first kappa shape index (κ1) is 29.0. The van der Waals surface area contributed by atoms with Gasteiger partial charge in [-0.2, -0.15) is 0 Å². The lowest BCUT2D eigenvalue weighted by molar-refractivity contribution is -0.158. The van der Waals surface area contributed by atoms with Gasteiger partial charge >= 0.3 is 5.97 Å². The number of benzene rings is 3. The minimum absolute atomic E-state index is 0. The molecule has 1 aliphatic rings. The molecule has 0 bridgehead atoms. The molecule has 4 rings (SSSR count). The number of aliphatic carboxylic acids is 1. The lowest BCUT2D eigenvalue weighted by Gasteiger charge is -2.26. The van der Waals surface area contributed by atoms with Crippen LogP contribution in [0.2, 0.25) is 0 Å². The highest BCUT2D eigenvalue weighted by Gasteiger charge is 2.28. The molecule has 36 heavy (non-hydrogen) atoms. The van der Waals surface area contributed by atoms with E-state index in [4.69, 9.17) is 19.9 Å². The summed E-state index contributed by atoms with van der Waals surface area (Å²) in [6.45, 7) is 1.23. The van der Waals surface area contributed by atoms with Crippen molar-refractivity contribution >= 4 is 5.97 Å². The third kappa shape index (κ3) is 8.17. The van der Waals surface area contributed by atoms with E-state index in [9.17, 15) is 15.0 Å². The monoisotopic (exact) mass is 495 g/mol. The molecule has 0 saturated carbocycles. The number of nitrogens with two attached hydrogens (primary N) is 1. The molecule has 0 amide bonds. The van der Waals surface area contributed by atoms with Crippen molar-refractivity contribution in [3.05, 3.63) is 102 Å². The number of para-hydroxylation sites is 1. The summed E-state index contributed by atoms with van der Waals surface area (Å²) in [6, 6.07) is 25.8. The van der Waals surface area contributed by atoms with Crippen LogP contribution in [0.3, 0.4) is 0 Å². The standard InChI is InChI=1S/C14H15NO.C14H18O5.CH4/c15-13(11-7-3-1-4-8-11)14(16)12-9-5-2-6-10-12;1-17-12-5-3-2-4-11(12)13(14(15)16)19-10-6-8-18-9-7-10;/h1-10,13-14,16H,15H2;2-5,10,13H,6-9H2,1H3,(H,15,16);1H4/t13-,14+;;/m0../s1. The molecule has 1 heterocycles. The van der Waals surface area contributed by atoms with E-state index in [1.54, 1.807) is 24.3 Å². The molecule has 1 saturated heterocycles. The molecule has 0 aliphatic carbocycles. The van der Waals surface area contributed by atoms with Gasteiger partial charge in [0, 0.05) is 18.8 Å². The fourth-order valence-electron chi connectivity index (χ4n) is 3.87. The van der Waals surface area contributed by atoms with Crippen molar-refractivity contribution < 1.29 is 29.2 Å². The predicted octanol–water partition coefficient (Wildman–Crippen LogP) is 5.07. The molecular formula is C29H37NO6. The second-order valence-corrected chi connectivity index (χ2v) is 8.20. The van der Waals surface area contributed by atoms with E-state index >= 15 is 0 Å². The van der Waals surface area contributed by atoms with Gasteiger partial charge in [-0.15, -0.1) is 0 Å². The zero-order chi connectivity index (χ0) is 25.0. The largest absolute Gasteiger partial charge is 0.496 e. The summed E-state index contributed by atoms with van der Waals surface area (Å²) in [5.41, 5.74) is 8.36. The average molecular weight is 496 g/mol. The Bertz CT molecular complexity index is 981.